The molecule has 0 aromatic heterocycles. The first-order chi connectivity index (χ1) is 11.6. The Kier molecular flexibility index (Phi) is 4.73. The molecule has 1 aliphatic rings. The number of ether oxygens (including phenoxy) is 1. The Labute approximate surface area is 143 Å². The number of rotatable bonds is 4. The van der Waals surface area contributed by atoms with E-state index >= 15 is 0 Å². The highest BCUT2D eigenvalue weighted by Gasteiger charge is 2.32. The molecule has 0 atom stereocenters. The summed E-state index contributed by atoms with van der Waals surface area (Å²) in [5.74, 6) is 0.835. The fourth-order valence-corrected chi connectivity index (χ4v) is 4.54. The third-order valence-electron chi connectivity index (χ3n) is 4.08. The van der Waals surface area contributed by atoms with Crippen molar-refractivity contribution < 1.29 is 13.2 Å². The van der Waals surface area contributed by atoms with Gasteiger partial charge >= 0.3 is 0 Å². The van der Waals surface area contributed by atoms with Gasteiger partial charge in [-0.05, 0) is 47.9 Å². The lowest BCUT2D eigenvalue weighted by molar-refractivity contribution is 0.340. The minimum absolute atomic E-state index is 0.385. The van der Waals surface area contributed by atoms with Crippen LogP contribution in [0.25, 0.3) is 11.6 Å². The van der Waals surface area contributed by atoms with Crippen molar-refractivity contribution >= 4 is 21.7 Å². The number of sulfonamides is 1. The quantitative estimate of drug-likeness (QED) is 0.851. The highest BCUT2D eigenvalue weighted by atomic mass is 32.2. The summed E-state index contributed by atoms with van der Waals surface area (Å²) < 4.78 is 32.2. The topological polar surface area (TPSA) is 46.6 Å². The molecule has 24 heavy (non-hydrogen) atoms. The minimum atomic E-state index is -3.40. The second-order valence-electron chi connectivity index (χ2n) is 5.60. The van der Waals surface area contributed by atoms with Gasteiger partial charge in [0.05, 0.1) is 11.5 Å². The molecule has 0 saturated carbocycles. The maximum atomic E-state index is 12.6. The number of hydrogen-bond acceptors (Lipinski definition) is 3. The first kappa shape index (κ1) is 16.7. The van der Waals surface area contributed by atoms with Gasteiger partial charge in [-0.3, -0.25) is 0 Å². The van der Waals surface area contributed by atoms with Crippen LogP contribution in [-0.4, -0.2) is 32.4 Å². The molecule has 4 nitrogen and oxygen atoms in total. The molecule has 0 saturated heterocycles. The lowest BCUT2D eigenvalue weighted by Gasteiger charge is -2.29. The van der Waals surface area contributed by atoms with Gasteiger partial charge in [0.2, 0.25) is 10.0 Å². The van der Waals surface area contributed by atoms with Crippen LogP contribution in [-0.2, 0) is 10.0 Å². The number of benzene rings is 2. The summed E-state index contributed by atoms with van der Waals surface area (Å²) in [6, 6.07) is 15.0. The molecule has 126 valence electrons. The molecule has 0 bridgehead atoms. The van der Waals surface area contributed by atoms with Crippen LogP contribution in [0.15, 0.2) is 53.4 Å². The SMILES string of the molecule is CCOc1ccc(/C=C2\CN(CC)S(=O)(=O)c3ccccc32)cc1. The molecule has 0 radical (unpaired) electrons. The predicted molar refractivity (Wildman–Crippen MR) is 96.4 cm³/mol. The highest BCUT2D eigenvalue weighted by Crippen LogP contribution is 2.34. The zero-order chi connectivity index (χ0) is 17.2. The number of fused-ring (bicyclic) bond motifs is 1. The molecule has 2 aromatic rings. The zero-order valence-corrected chi connectivity index (χ0v) is 14.7. The normalized spacial score (nSPS) is 18.3. The largest absolute Gasteiger partial charge is 0.494 e. The summed E-state index contributed by atoms with van der Waals surface area (Å²) >= 11 is 0. The molecule has 0 unspecified atom stereocenters. The average molecular weight is 343 g/mol. The summed E-state index contributed by atoms with van der Waals surface area (Å²) in [4.78, 5) is 0.385. The van der Waals surface area contributed by atoms with E-state index < -0.39 is 10.0 Å². The molecule has 1 aliphatic heterocycles. The Morgan fingerprint density at radius 1 is 1.08 bits per heavy atom. The van der Waals surface area contributed by atoms with E-state index in [1.807, 2.05) is 56.3 Å². The molecule has 0 spiro atoms. The van der Waals surface area contributed by atoms with Crippen molar-refractivity contribution in [1.82, 2.24) is 4.31 Å². The molecule has 1 heterocycles. The van der Waals surface area contributed by atoms with Gasteiger partial charge in [0.15, 0.2) is 0 Å². The van der Waals surface area contributed by atoms with Crippen molar-refractivity contribution in [2.75, 3.05) is 19.7 Å². The maximum absolute atomic E-state index is 12.6. The van der Waals surface area contributed by atoms with Crippen LogP contribution in [0.3, 0.4) is 0 Å². The van der Waals surface area contributed by atoms with Gasteiger partial charge in [0.25, 0.3) is 0 Å². The van der Waals surface area contributed by atoms with Gasteiger partial charge in [0.1, 0.15) is 5.75 Å². The Balaban J connectivity index is 2.04. The predicted octanol–water partition coefficient (Wildman–Crippen LogP) is 3.65. The molecular weight excluding hydrogens is 322 g/mol. The van der Waals surface area contributed by atoms with Crippen molar-refractivity contribution in [2.45, 2.75) is 18.7 Å². The third kappa shape index (κ3) is 3.09. The van der Waals surface area contributed by atoms with E-state index in [9.17, 15) is 8.42 Å². The smallest absolute Gasteiger partial charge is 0.243 e. The second-order valence-corrected chi connectivity index (χ2v) is 7.51. The number of nitrogens with zero attached hydrogens (tertiary/aromatic N) is 1. The van der Waals surface area contributed by atoms with Gasteiger partial charge in [-0.15, -0.1) is 0 Å². The number of hydrogen-bond donors (Lipinski definition) is 0. The van der Waals surface area contributed by atoms with Crippen LogP contribution in [0.4, 0.5) is 0 Å². The standard InChI is InChI=1S/C19H21NO3S/c1-3-20-14-16(13-15-9-11-17(12-10-15)23-4-2)18-7-5-6-8-19(18)24(20,21)22/h5-13H,3-4,14H2,1-2H3/b16-13+. The Morgan fingerprint density at radius 2 is 1.79 bits per heavy atom. The van der Waals surface area contributed by atoms with E-state index in [0.717, 1.165) is 22.4 Å². The van der Waals surface area contributed by atoms with Crippen molar-refractivity contribution in [2.24, 2.45) is 0 Å². The van der Waals surface area contributed by atoms with Gasteiger partial charge < -0.3 is 4.74 Å². The fourth-order valence-electron chi connectivity index (χ4n) is 2.89. The summed E-state index contributed by atoms with van der Waals surface area (Å²) in [7, 11) is -3.40. The third-order valence-corrected chi connectivity index (χ3v) is 6.06. The van der Waals surface area contributed by atoms with Crippen molar-refractivity contribution in [1.29, 1.82) is 0 Å². The molecule has 5 heteroatoms. The van der Waals surface area contributed by atoms with Crippen molar-refractivity contribution in [3.8, 4) is 5.75 Å². The van der Waals surface area contributed by atoms with Crippen LogP contribution >= 0.6 is 0 Å². The van der Waals surface area contributed by atoms with E-state index in [4.69, 9.17) is 4.74 Å². The summed E-state index contributed by atoms with van der Waals surface area (Å²) in [5.41, 5.74) is 2.82. The van der Waals surface area contributed by atoms with Crippen molar-refractivity contribution in [3.63, 3.8) is 0 Å². The van der Waals surface area contributed by atoms with Crippen molar-refractivity contribution in [3.05, 3.63) is 59.7 Å². The molecule has 0 fully saturated rings. The van der Waals surface area contributed by atoms with Crippen LogP contribution in [0.2, 0.25) is 0 Å². The Hall–Kier alpha value is -2.11. The lowest BCUT2D eigenvalue weighted by Crippen LogP contribution is -2.36. The molecule has 3 rings (SSSR count). The lowest BCUT2D eigenvalue weighted by atomic mass is 10.0. The molecular formula is C19H21NO3S. The molecule has 0 N–H and O–H groups in total. The van der Waals surface area contributed by atoms with Crippen LogP contribution < -0.4 is 4.74 Å². The van der Waals surface area contributed by atoms with E-state index in [1.54, 1.807) is 12.1 Å². The van der Waals surface area contributed by atoms with E-state index in [-0.39, 0.29) is 0 Å². The molecule has 2 aromatic carbocycles. The van der Waals surface area contributed by atoms with E-state index in [0.29, 0.717) is 24.6 Å². The Bertz CT molecular complexity index is 854. The first-order valence-corrected chi connectivity index (χ1v) is 9.53. The van der Waals surface area contributed by atoms with Crippen LogP contribution in [0.5, 0.6) is 5.75 Å². The van der Waals surface area contributed by atoms with Crippen LogP contribution in [0, 0.1) is 0 Å². The van der Waals surface area contributed by atoms with Gasteiger partial charge in [0, 0.05) is 13.1 Å². The van der Waals surface area contributed by atoms with Gasteiger partial charge in [-0.2, -0.15) is 4.31 Å². The van der Waals surface area contributed by atoms with Crippen LogP contribution in [0.1, 0.15) is 25.0 Å². The zero-order valence-electron chi connectivity index (χ0n) is 13.9. The minimum Gasteiger partial charge on any atom is -0.494 e. The highest BCUT2D eigenvalue weighted by molar-refractivity contribution is 7.89. The summed E-state index contributed by atoms with van der Waals surface area (Å²) in [5, 5.41) is 0. The number of likely N-dealkylation sites (N-methyl/N-ethyl adjacent to an activating group) is 1. The average Bonchev–Trinajstić information content (AvgIpc) is 2.59. The van der Waals surface area contributed by atoms with Gasteiger partial charge in [-0.25, -0.2) is 8.42 Å². The van der Waals surface area contributed by atoms with Gasteiger partial charge in [-0.1, -0.05) is 37.3 Å². The monoisotopic (exact) mass is 343 g/mol. The summed E-state index contributed by atoms with van der Waals surface area (Å²) in [6.07, 6.45) is 2.05. The maximum Gasteiger partial charge on any atom is 0.243 e. The first-order valence-electron chi connectivity index (χ1n) is 8.09. The van der Waals surface area contributed by atoms with E-state index in [2.05, 4.69) is 0 Å². The molecule has 0 aliphatic carbocycles. The second kappa shape index (κ2) is 6.79. The fraction of sp³-hybridized carbons (Fsp3) is 0.263. The molecule has 0 amide bonds. The summed E-state index contributed by atoms with van der Waals surface area (Å²) in [6.45, 7) is 5.30. The Morgan fingerprint density at radius 3 is 2.46 bits per heavy atom. The van der Waals surface area contributed by atoms with E-state index in [1.165, 1.54) is 4.31 Å².